The monoisotopic (exact) mass is 305 g/mol. The van der Waals surface area contributed by atoms with Crippen LogP contribution in [-0.2, 0) is 19.9 Å². The molecule has 0 aromatic carbocycles. The molecule has 0 aliphatic carbocycles. The number of thiophene rings is 1. The molecule has 0 saturated heterocycles. The van der Waals surface area contributed by atoms with Crippen molar-refractivity contribution in [1.29, 1.82) is 0 Å². The van der Waals surface area contributed by atoms with E-state index in [1.165, 1.54) is 10.4 Å². The fourth-order valence-electron chi connectivity index (χ4n) is 2.08. The van der Waals surface area contributed by atoms with Crippen LogP contribution in [0.1, 0.15) is 16.9 Å². The molecular formula is C15H23N5S. The molecule has 114 valence electrons. The molecule has 2 aromatic heterocycles. The standard InChI is InChI=1S/C15H23N5S/c1-16-15(18-9-7-14-6-4-10-21-14)17-8-3-5-13-11-19-20(2)12-13/h4,6,10-12H,3,5,7-9H2,1-2H3,(H2,16,17,18). The molecule has 0 unspecified atom stereocenters. The van der Waals surface area contributed by atoms with Gasteiger partial charge in [-0.3, -0.25) is 9.67 Å². The van der Waals surface area contributed by atoms with Gasteiger partial charge in [-0.15, -0.1) is 11.3 Å². The van der Waals surface area contributed by atoms with Gasteiger partial charge in [-0.1, -0.05) is 6.07 Å². The fourth-order valence-corrected chi connectivity index (χ4v) is 2.79. The maximum atomic E-state index is 4.24. The summed E-state index contributed by atoms with van der Waals surface area (Å²) in [5, 5.41) is 13.0. The van der Waals surface area contributed by atoms with Gasteiger partial charge in [0.2, 0.25) is 0 Å². The van der Waals surface area contributed by atoms with Crippen LogP contribution in [0.2, 0.25) is 0 Å². The van der Waals surface area contributed by atoms with Crippen molar-refractivity contribution in [2.24, 2.45) is 12.0 Å². The summed E-state index contributed by atoms with van der Waals surface area (Å²) >= 11 is 1.80. The first kappa shape index (κ1) is 15.6. The molecular weight excluding hydrogens is 282 g/mol. The summed E-state index contributed by atoms with van der Waals surface area (Å²) in [6.45, 7) is 1.82. The first-order valence-electron chi connectivity index (χ1n) is 7.22. The molecule has 0 amide bonds. The number of aromatic nitrogens is 2. The molecule has 0 atom stereocenters. The van der Waals surface area contributed by atoms with E-state index in [0.29, 0.717) is 0 Å². The van der Waals surface area contributed by atoms with Crippen molar-refractivity contribution in [3.8, 4) is 0 Å². The normalized spacial score (nSPS) is 11.6. The van der Waals surface area contributed by atoms with Crippen LogP contribution in [-0.4, -0.2) is 35.9 Å². The van der Waals surface area contributed by atoms with Gasteiger partial charge in [-0.05, 0) is 36.3 Å². The van der Waals surface area contributed by atoms with Gasteiger partial charge in [-0.2, -0.15) is 5.10 Å². The minimum atomic E-state index is 0.873. The number of nitrogens with one attached hydrogen (secondary N) is 2. The van der Waals surface area contributed by atoms with E-state index < -0.39 is 0 Å². The zero-order valence-corrected chi connectivity index (χ0v) is 13.5. The highest BCUT2D eigenvalue weighted by molar-refractivity contribution is 7.09. The zero-order valence-electron chi connectivity index (χ0n) is 12.7. The van der Waals surface area contributed by atoms with E-state index in [1.54, 1.807) is 11.3 Å². The first-order valence-corrected chi connectivity index (χ1v) is 8.10. The summed E-state index contributed by atoms with van der Waals surface area (Å²) in [5.74, 6) is 0.873. The van der Waals surface area contributed by atoms with E-state index >= 15 is 0 Å². The Hall–Kier alpha value is -1.82. The number of aryl methyl sites for hydroxylation is 2. The maximum Gasteiger partial charge on any atom is 0.190 e. The van der Waals surface area contributed by atoms with Gasteiger partial charge in [0.25, 0.3) is 0 Å². The molecule has 0 saturated carbocycles. The number of rotatable bonds is 7. The second-order valence-electron chi connectivity index (χ2n) is 4.88. The van der Waals surface area contributed by atoms with E-state index in [0.717, 1.165) is 38.3 Å². The lowest BCUT2D eigenvalue weighted by Gasteiger charge is -2.11. The topological polar surface area (TPSA) is 54.2 Å². The molecule has 6 heteroatoms. The highest BCUT2D eigenvalue weighted by Crippen LogP contribution is 2.07. The second-order valence-corrected chi connectivity index (χ2v) is 5.91. The number of hydrogen-bond acceptors (Lipinski definition) is 3. The van der Waals surface area contributed by atoms with Crippen molar-refractivity contribution in [2.75, 3.05) is 20.1 Å². The molecule has 0 spiro atoms. The summed E-state index contributed by atoms with van der Waals surface area (Å²) in [6.07, 6.45) is 7.13. The highest BCUT2D eigenvalue weighted by atomic mass is 32.1. The molecule has 2 rings (SSSR count). The molecule has 2 N–H and O–H groups in total. The second kappa shape index (κ2) is 8.46. The van der Waals surface area contributed by atoms with Gasteiger partial charge in [0.1, 0.15) is 0 Å². The van der Waals surface area contributed by atoms with Crippen molar-refractivity contribution in [1.82, 2.24) is 20.4 Å². The zero-order chi connectivity index (χ0) is 14.9. The molecule has 0 aliphatic heterocycles. The largest absolute Gasteiger partial charge is 0.356 e. The van der Waals surface area contributed by atoms with Gasteiger partial charge in [0.05, 0.1) is 6.20 Å². The quantitative estimate of drug-likeness (QED) is 0.466. The molecule has 2 aromatic rings. The van der Waals surface area contributed by atoms with E-state index in [2.05, 4.69) is 44.4 Å². The number of guanidine groups is 1. The minimum Gasteiger partial charge on any atom is -0.356 e. The molecule has 0 fully saturated rings. The first-order chi connectivity index (χ1) is 10.3. The summed E-state index contributed by atoms with van der Waals surface area (Å²) < 4.78 is 1.84. The van der Waals surface area contributed by atoms with Crippen LogP contribution in [0.5, 0.6) is 0 Å². The van der Waals surface area contributed by atoms with Crippen molar-refractivity contribution in [2.45, 2.75) is 19.3 Å². The molecule has 0 bridgehead atoms. The predicted molar refractivity (Wildman–Crippen MR) is 88.9 cm³/mol. The Balaban J connectivity index is 1.59. The van der Waals surface area contributed by atoms with Crippen LogP contribution in [0.4, 0.5) is 0 Å². The van der Waals surface area contributed by atoms with Gasteiger partial charge in [-0.25, -0.2) is 0 Å². The Morgan fingerprint density at radius 2 is 2.19 bits per heavy atom. The summed E-state index contributed by atoms with van der Waals surface area (Å²) in [4.78, 5) is 5.63. The third kappa shape index (κ3) is 5.59. The average molecular weight is 305 g/mol. The van der Waals surface area contributed by atoms with Crippen molar-refractivity contribution in [3.05, 3.63) is 40.3 Å². The summed E-state index contributed by atoms with van der Waals surface area (Å²) in [5.41, 5.74) is 1.28. The number of nitrogens with zero attached hydrogens (tertiary/aromatic N) is 3. The average Bonchev–Trinajstić information content (AvgIpc) is 3.13. The minimum absolute atomic E-state index is 0.873. The third-order valence-electron chi connectivity index (χ3n) is 3.16. The van der Waals surface area contributed by atoms with Crippen molar-refractivity contribution >= 4 is 17.3 Å². The van der Waals surface area contributed by atoms with Gasteiger partial charge in [0, 0.05) is 38.3 Å². The van der Waals surface area contributed by atoms with Crippen molar-refractivity contribution in [3.63, 3.8) is 0 Å². The lowest BCUT2D eigenvalue weighted by Crippen LogP contribution is -2.38. The van der Waals surface area contributed by atoms with E-state index in [-0.39, 0.29) is 0 Å². The molecule has 5 nitrogen and oxygen atoms in total. The lowest BCUT2D eigenvalue weighted by molar-refractivity contribution is 0.738. The van der Waals surface area contributed by atoms with Crippen molar-refractivity contribution < 1.29 is 0 Å². The smallest absolute Gasteiger partial charge is 0.190 e. The molecule has 0 aliphatic rings. The van der Waals surface area contributed by atoms with Gasteiger partial charge >= 0.3 is 0 Å². The Morgan fingerprint density at radius 3 is 2.86 bits per heavy atom. The summed E-state index contributed by atoms with van der Waals surface area (Å²) in [7, 11) is 3.75. The van der Waals surface area contributed by atoms with Crippen LogP contribution < -0.4 is 10.6 Å². The van der Waals surface area contributed by atoms with E-state index in [1.807, 2.05) is 25.0 Å². The fraction of sp³-hybridized carbons (Fsp3) is 0.467. The predicted octanol–water partition coefficient (Wildman–Crippen LogP) is 1.82. The molecule has 0 radical (unpaired) electrons. The molecule has 2 heterocycles. The lowest BCUT2D eigenvalue weighted by atomic mass is 10.2. The van der Waals surface area contributed by atoms with Gasteiger partial charge < -0.3 is 10.6 Å². The Labute approximate surface area is 130 Å². The van der Waals surface area contributed by atoms with Crippen LogP contribution in [0.25, 0.3) is 0 Å². The SMILES string of the molecule is CN=C(NCCCc1cnn(C)c1)NCCc1cccs1. The summed E-state index contributed by atoms with van der Waals surface area (Å²) in [6, 6.07) is 4.25. The Bertz CT molecular complexity index is 544. The Kier molecular flexibility index (Phi) is 6.27. The third-order valence-corrected chi connectivity index (χ3v) is 4.10. The maximum absolute atomic E-state index is 4.24. The molecule has 21 heavy (non-hydrogen) atoms. The van der Waals surface area contributed by atoms with Crippen LogP contribution >= 0.6 is 11.3 Å². The van der Waals surface area contributed by atoms with E-state index in [9.17, 15) is 0 Å². The van der Waals surface area contributed by atoms with Crippen LogP contribution in [0.3, 0.4) is 0 Å². The van der Waals surface area contributed by atoms with E-state index in [4.69, 9.17) is 0 Å². The number of hydrogen-bond donors (Lipinski definition) is 2. The highest BCUT2D eigenvalue weighted by Gasteiger charge is 1.99. The Morgan fingerprint density at radius 1 is 1.33 bits per heavy atom. The van der Waals surface area contributed by atoms with Crippen LogP contribution in [0.15, 0.2) is 34.9 Å². The van der Waals surface area contributed by atoms with Crippen LogP contribution in [0, 0.1) is 0 Å². The number of aliphatic imine (C=N–C) groups is 1. The van der Waals surface area contributed by atoms with Gasteiger partial charge in [0.15, 0.2) is 5.96 Å².